The van der Waals surface area contributed by atoms with Gasteiger partial charge in [-0.3, -0.25) is 9.59 Å². The fraction of sp³-hybridized carbons (Fsp3) is 0.810. The number of methoxy groups -OCH3 is 3. The number of rotatable bonds is 10. The van der Waals surface area contributed by atoms with Crippen molar-refractivity contribution in [2.75, 3.05) is 28.4 Å². The van der Waals surface area contributed by atoms with Gasteiger partial charge in [0.1, 0.15) is 24.4 Å². The van der Waals surface area contributed by atoms with E-state index in [0.717, 1.165) is 25.7 Å². The minimum absolute atomic E-state index is 0.0125. The van der Waals surface area contributed by atoms with Crippen molar-refractivity contribution in [1.82, 2.24) is 5.32 Å². The molecule has 0 bridgehead atoms. The summed E-state index contributed by atoms with van der Waals surface area (Å²) < 4.78 is 49.4. The summed E-state index contributed by atoms with van der Waals surface area (Å²) in [5.41, 5.74) is 0.708. The smallest absolute Gasteiger partial charge is 0.307 e. The first-order valence-corrected chi connectivity index (χ1v) is 20.3. The first kappa shape index (κ1) is 41.6. The summed E-state index contributed by atoms with van der Waals surface area (Å²) in [4.78, 5) is 28.3. The fourth-order valence-electron chi connectivity index (χ4n) is 10.2. The van der Waals surface area contributed by atoms with Crippen LogP contribution in [-0.4, -0.2) is 119 Å². The number of Topliss-reactive ketones (excluding diaryl/α,β-unsaturated/α-hetero) is 1. The number of nitrogens with one attached hydrogen (secondary N) is 1. The Morgan fingerprint density at radius 2 is 1.65 bits per heavy atom. The zero-order valence-corrected chi connectivity index (χ0v) is 33.5. The molecule has 3 saturated heterocycles. The molecule has 4 fully saturated rings. The third kappa shape index (κ3) is 9.08. The maximum Gasteiger partial charge on any atom is 0.307 e. The van der Waals surface area contributed by atoms with Crippen molar-refractivity contribution < 1.29 is 52.6 Å². The second-order valence-corrected chi connectivity index (χ2v) is 16.5. The Morgan fingerprint density at radius 3 is 2.33 bits per heavy atom. The van der Waals surface area contributed by atoms with Gasteiger partial charge in [-0.2, -0.15) is 0 Å². The minimum atomic E-state index is -0.660. The third-order valence-corrected chi connectivity index (χ3v) is 13.1. The molecule has 0 aromatic carbocycles. The largest absolute Gasteiger partial charge is 0.458 e. The lowest BCUT2D eigenvalue weighted by Gasteiger charge is -2.44. The summed E-state index contributed by atoms with van der Waals surface area (Å²) in [5.74, 6) is -0.480. The number of ether oxygens (including phenoxy) is 8. The molecular weight excluding hydrogens is 694 g/mol. The number of cyclic esters (lactones) is 1. The van der Waals surface area contributed by atoms with Gasteiger partial charge in [0.15, 0.2) is 18.4 Å². The SMILES string of the molecule is CNC1CCC(OC2CCCC(C=CC(C)O)OC(=O)CC3C(=CC4C3C=CC3CC(OC5OC(C)C(OC)C(OC)C5OC)CC34)C(=O)C2C)OC1C. The molecule has 18 atom stereocenters. The summed E-state index contributed by atoms with van der Waals surface area (Å²) in [5, 5.41) is 13.3. The van der Waals surface area contributed by atoms with Gasteiger partial charge in [-0.1, -0.05) is 31.2 Å². The van der Waals surface area contributed by atoms with Gasteiger partial charge in [-0.15, -0.1) is 0 Å². The number of likely N-dealkylation sites (N-methyl/N-ethyl adjacent to an activating group) is 1. The van der Waals surface area contributed by atoms with Gasteiger partial charge in [-0.25, -0.2) is 0 Å². The first-order valence-electron chi connectivity index (χ1n) is 20.3. The van der Waals surface area contributed by atoms with Crippen LogP contribution in [0.3, 0.4) is 0 Å². The molecule has 6 rings (SSSR count). The lowest BCUT2D eigenvalue weighted by molar-refractivity contribution is -0.314. The van der Waals surface area contributed by atoms with Gasteiger partial charge in [0.2, 0.25) is 0 Å². The molecule has 0 aromatic heterocycles. The average molecular weight is 760 g/mol. The lowest BCUT2D eigenvalue weighted by Crippen LogP contribution is -2.59. The number of hydrogen-bond donors (Lipinski definition) is 2. The van der Waals surface area contributed by atoms with E-state index in [-0.39, 0.29) is 90.4 Å². The van der Waals surface area contributed by atoms with Crippen molar-refractivity contribution in [3.8, 4) is 0 Å². The molecule has 12 nitrogen and oxygen atoms in total. The van der Waals surface area contributed by atoms with Crippen molar-refractivity contribution in [3.63, 3.8) is 0 Å². The number of esters is 1. The van der Waals surface area contributed by atoms with Crippen LogP contribution in [0.2, 0.25) is 0 Å². The van der Waals surface area contributed by atoms with Gasteiger partial charge in [0.05, 0.1) is 36.9 Å². The molecule has 54 heavy (non-hydrogen) atoms. The monoisotopic (exact) mass is 759 g/mol. The average Bonchev–Trinajstić information content (AvgIpc) is 3.72. The Balaban J connectivity index is 1.23. The molecule has 0 radical (unpaired) electrons. The number of aliphatic hydroxyl groups excluding tert-OH is 1. The van der Waals surface area contributed by atoms with Gasteiger partial charge in [0.25, 0.3) is 0 Å². The number of ketones is 1. The van der Waals surface area contributed by atoms with E-state index in [1.54, 1.807) is 40.4 Å². The normalized spacial score (nSPS) is 45.1. The van der Waals surface area contributed by atoms with Crippen molar-refractivity contribution in [3.05, 3.63) is 36.0 Å². The van der Waals surface area contributed by atoms with Gasteiger partial charge in [-0.05, 0) is 108 Å². The highest BCUT2D eigenvalue weighted by atomic mass is 16.7. The molecule has 3 aliphatic carbocycles. The van der Waals surface area contributed by atoms with E-state index in [2.05, 4.69) is 30.5 Å². The predicted molar refractivity (Wildman–Crippen MR) is 200 cm³/mol. The summed E-state index contributed by atoms with van der Waals surface area (Å²) in [6.07, 6.45) is 11.4. The first-order chi connectivity index (χ1) is 26.0. The summed E-state index contributed by atoms with van der Waals surface area (Å²) in [7, 11) is 6.89. The number of fused-ring (bicyclic) bond motifs is 5. The van der Waals surface area contributed by atoms with E-state index >= 15 is 0 Å². The van der Waals surface area contributed by atoms with E-state index in [9.17, 15) is 14.7 Å². The molecule has 3 aliphatic heterocycles. The van der Waals surface area contributed by atoms with E-state index in [1.807, 2.05) is 20.9 Å². The topological polar surface area (TPSA) is 140 Å². The van der Waals surface area contributed by atoms with Crippen LogP contribution in [0.1, 0.15) is 79.1 Å². The van der Waals surface area contributed by atoms with Crippen LogP contribution >= 0.6 is 0 Å². The van der Waals surface area contributed by atoms with Gasteiger partial charge >= 0.3 is 5.97 Å². The molecule has 18 unspecified atom stereocenters. The Hall–Kier alpha value is -2.00. The highest BCUT2D eigenvalue weighted by molar-refractivity contribution is 5.99. The minimum Gasteiger partial charge on any atom is -0.458 e. The highest BCUT2D eigenvalue weighted by Crippen LogP contribution is 2.54. The van der Waals surface area contributed by atoms with Crippen LogP contribution in [0, 0.1) is 35.5 Å². The van der Waals surface area contributed by atoms with E-state index in [0.29, 0.717) is 24.8 Å². The van der Waals surface area contributed by atoms with Crippen LogP contribution in [-0.2, 0) is 47.5 Å². The second-order valence-electron chi connectivity index (χ2n) is 16.5. The summed E-state index contributed by atoms with van der Waals surface area (Å²) >= 11 is 0. The van der Waals surface area contributed by atoms with Crippen LogP contribution < -0.4 is 5.32 Å². The number of allylic oxidation sites excluding steroid dienone is 4. The molecular formula is C42H65NO11. The van der Waals surface area contributed by atoms with E-state index in [4.69, 9.17) is 37.9 Å². The predicted octanol–water partition coefficient (Wildman–Crippen LogP) is 4.67. The Labute approximate surface area is 321 Å². The van der Waals surface area contributed by atoms with Crippen LogP contribution in [0.25, 0.3) is 0 Å². The molecule has 12 heteroatoms. The van der Waals surface area contributed by atoms with Crippen molar-refractivity contribution >= 4 is 11.8 Å². The molecule has 2 N–H and O–H groups in total. The molecule has 0 amide bonds. The zero-order chi connectivity index (χ0) is 38.7. The zero-order valence-electron chi connectivity index (χ0n) is 33.5. The quantitative estimate of drug-likeness (QED) is 0.236. The molecule has 1 saturated carbocycles. The van der Waals surface area contributed by atoms with Crippen molar-refractivity contribution in [2.24, 2.45) is 35.5 Å². The Bertz CT molecular complexity index is 1370. The summed E-state index contributed by atoms with van der Waals surface area (Å²) in [6.45, 7) is 7.67. The van der Waals surface area contributed by atoms with Gasteiger partial charge < -0.3 is 48.3 Å². The highest BCUT2D eigenvalue weighted by Gasteiger charge is 2.52. The van der Waals surface area contributed by atoms with E-state index in [1.165, 1.54) is 0 Å². The standard InChI is InChI=1S/C42H65NO11/c1-22(44)12-14-27-10-9-11-35(54-37-17-16-34(43-5)24(3)50-37)23(2)38(46)33-20-31-29(32(33)21-36(45)52-27)15-13-26-18-28(19-30(26)31)53-42-41(49-8)40(48-7)39(47-6)25(4)51-42/h12-15,20,22-32,34-35,37,39-44H,9-11,16-19,21H2,1-8H3. The van der Waals surface area contributed by atoms with Crippen molar-refractivity contribution in [1.29, 1.82) is 0 Å². The molecule has 6 aliphatic rings. The fourth-order valence-corrected chi connectivity index (χ4v) is 10.2. The molecule has 3 heterocycles. The Kier molecular flexibility index (Phi) is 14.3. The molecule has 304 valence electrons. The van der Waals surface area contributed by atoms with Crippen LogP contribution in [0.5, 0.6) is 0 Å². The van der Waals surface area contributed by atoms with Gasteiger partial charge in [0, 0.05) is 39.2 Å². The maximum atomic E-state index is 14.7. The second kappa shape index (κ2) is 18.5. The number of carbonyl (C=O) groups is 2. The van der Waals surface area contributed by atoms with E-state index < -0.39 is 36.8 Å². The third-order valence-electron chi connectivity index (χ3n) is 13.1. The van der Waals surface area contributed by atoms with Crippen LogP contribution in [0.15, 0.2) is 36.0 Å². The number of hydrogen-bond acceptors (Lipinski definition) is 12. The number of aliphatic hydroxyl groups is 1. The Morgan fingerprint density at radius 1 is 0.889 bits per heavy atom. The molecule has 0 spiro atoms. The maximum absolute atomic E-state index is 14.7. The summed E-state index contributed by atoms with van der Waals surface area (Å²) in [6, 6.07) is 0.257. The van der Waals surface area contributed by atoms with Crippen molar-refractivity contribution in [2.45, 2.75) is 153 Å². The molecule has 0 aromatic rings. The lowest BCUT2D eigenvalue weighted by atomic mass is 9.70. The number of carbonyl (C=O) groups excluding carboxylic acids is 2. The van der Waals surface area contributed by atoms with Crippen LogP contribution in [0.4, 0.5) is 0 Å².